The van der Waals surface area contributed by atoms with Gasteiger partial charge in [-0.2, -0.15) is 5.10 Å². The maximum absolute atomic E-state index is 6.34. The maximum Gasteiger partial charge on any atom is 0.178 e. The van der Waals surface area contributed by atoms with Gasteiger partial charge >= 0.3 is 0 Å². The Morgan fingerprint density at radius 1 is 1.03 bits per heavy atom. The highest BCUT2D eigenvalue weighted by molar-refractivity contribution is 7.46. The van der Waals surface area contributed by atoms with Crippen molar-refractivity contribution in [1.82, 2.24) is 14.8 Å². The fourth-order valence-electron chi connectivity index (χ4n) is 4.23. The summed E-state index contributed by atoms with van der Waals surface area (Å²) in [5.74, 6) is 1.57. The molecular formula is C26H31N4O4P. The maximum atomic E-state index is 6.34. The van der Waals surface area contributed by atoms with Crippen LogP contribution in [0.15, 0.2) is 53.1 Å². The molecular weight excluding hydrogens is 463 g/mol. The predicted octanol–water partition coefficient (Wildman–Crippen LogP) is 5.71. The molecule has 1 fully saturated rings. The Hall–Kier alpha value is -2.77. The molecule has 0 aliphatic carbocycles. The van der Waals surface area contributed by atoms with Crippen LogP contribution in [0.1, 0.15) is 25.2 Å². The Kier molecular flexibility index (Phi) is 7.44. The summed E-state index contributed by atoms with van der Waals surface area (Å²) in [6.07, 6.45) is 2.55. The summed E-state index contributed by atoms with van der Waals surface area (Å²) in [5, 5.41) is 4.83. The highest BCUT2D eigenvalue weighted by atomic mass is 31.2. The zero-order valence-electron chi connectivity index (χ0n) is 20.4. The van der Waals surface area contributed by atoms with Crippen LogP contribution in [0.25, 0.3) is 28.2 Å². The van der Waals surface area contributed by atoms with E-state index in [4.69, 9.17) is 28.3 Å². The Bertz CT molecular complexity index is 1280. The Labute approximate surface area is 206 Å². The van der Waals surface area contributed by atoms with Gasteiger partial charge in [0.15, 0.2) is 19.8 Å². The molecule has 0 saturated carbocycles. The lowest BCUT2D eigenvalue weighted by atomic mass is 10.1. The van der Waals surface area contributed by atoms with Gasteiger partial charge in [0, 0.05) is 37.0 Å². The SMILES string of the molecule is CCOP(Cc1cc2nc(-n3ccc(-c4cccc(C)c4)n3)cc(N3CCOCC3)c2o1)OCC. The van der Waals surface area contributed by atoms with Crippen LogP contribution >= 0.6 is 8.38 Å². The van der Waals surface area contributed by atoms with E-state index in [1.807, 2.05) is 36.9 Å². The molecule has 0 bridgehead atoms. The average Bonchev–Trinajstić information content (AvgIpc) is 3.51. The normalized spacial score (nSPS) is 14.3. The summed E-state index contributed by atoms with van der Waals surface area (Å²) in [6, 6.07) is 14.4. The third-order valence-electron chi connectivity index (χ3n) is 5.82. The van der Waals surface area contributed by atoms with Crippen LogP contribution < -0.4 is 4.90 Å². The van der Waals surface area contributed by atoms with E-state index in [-0.39, 0.29) is 0 Å². The standard InChI is InChI=1S/C26H31N4O4P/c1-4-32-35(33-5-2)18-21-16-23-26(34-21)24(29-11-13-31-14-12-29)17-25(27-23)30-10-9-22(28-30)20-8-6-7-19(3)15-20/h6-10,15-17H,4-5,11-14,18H2,1-3H3. The van der Waals surface area contributed by atoms with E-state index in [0.717, 1.165) is 52.7 Å². The fourth-order valence-corrected chi connectivity index (χ4v) is 5.47. The molecule has 1 aliphatic rings. The van der Waals surface area contributed by atoms with Crippen molar-refractivity contribution in [2.24, 2.45) is 0 Å². The summed E-state index contributed by atoms with van der Waals surface area (Å²) in [7, 11) is -1.05. The van der Waals surface area contributed by atoms with Gasteiger partial charge in [0.05, 0.1) is 44.0 Å². The first kappa shape index (κ1) is 23.9. The summed E-state index contributed by atoms with van der Waals surface area (Å²) >= 11 is 0. The van der Waals surface area contributed by atoms with E-state index in [0.29, 0.717) is 32.6 Å². The molecule has 5 rings (SSSR count). The van der Waals surface area contributed by atoms with Gasteiger partial charge in [-0.15, -0.1) is 0 Å². The number of ether oxygens (including phenoxy) is 1. The number of fused-ring (bicyclic) bond motifs is 1. The minimum Gasteiger partial charge on any atom is -0.457 e. The highest BCUT2D eigenvalue weighted by Crippen LogP contribution is 2.43. The van der Waals surface area contributed by atoms with Gasteiger partial charge in [0.1, 0.15) is 11.3 Å². The number of rotatable bonds is 9. The summed E-state index contributed by atoms with van der Waals surface area (Å²) in [5.41, 5.74) is 5.79. The first-order chi connectivity index (χ1) is 17.1. The molecule has 1 saturated heterocycles. The zero-order valence-corrected chi connectivity index (χ0v) is 21.3. The first-order valence-electron chi connectivity index (χ1n) is 12.1. The fraction of sp³-hybridized carbons (Fsp3) is 0.385. The minimum absolute atomic E-state index is 0.588. The Morgan fingerprint density at radius 3 is 2.57 bits per heavy atom. The second kappa shape index (κ2) is 10.9. The molecule has 4 aromatic rings. The number of morpholine rings is 1. The van der Waals surface area contributed by atoms with Crippen molar-refractivity contribution in [3.63, 3.8) is 0 Å². The third-order valence-corrected chi connectivity index (χ3v) is 7.48. The Morgan fingerprint density at radius 2 is 1.83 bits per heavy atom. The lowest BCUT2D eigenvalue weighted by molar-refractivity contribution is 0.122. The average molecular weight is 495 g/mol. The topological polar surface area (TPSA) is 74.8 Å². The largest absolute Gasteiger partial charge is 0.457 e. The van der Waals surface area contributed by atoms with Gasteiger partial charge in [-0.3, -0.25) is 0 Å². The van der Waals surface area contributed by atoms with Crippen LogP contribution in [-0.2, 0) is 19.9 Å². The molecule has 1 aromatic carbocycles. The number of anilines is 1. The molecule has 8 nitrogen and oxygen atoms in total. The smallest absolute Gasteiger partial charge is 0.178 e. The van der Waals surface area contributed by atoms with Gasteiger partial charge in [0.25, 0.3) is 0 Å². The molecule has 0 unspecified atom stereocenters. The lowest BCUT2D eigenvalue weighted by Crippen LogP contribution is -2.36. The second-order valence-corrected chi connectivity index (χ2v) is 9.87. The molecule has 0 N–H and O–H groups in total. The van der Waals surface area contributed by atoms with E-state index in [2.05, 4.69) is 42.2 Å². The molecule has 4 heterocycles. The quantitative estimate of drug-likeness (QED) is 0.276. The predicted molar refractivity (Wildman–Crippen MR) is 138 cm³/mol. The van der Waals surface area contributed by atoms with Gasteiger partial charge in [-0.05, 0) is 32.9 Å². The van der Waals surface area contributed by atoms with E-state index < -0.39 is 8.38 Å². The summed E-state index contributed by atoms with van der Waals surface area (Å²) in [4.78, 5) is 7.21. The van der Waals surface area contributed by atoms with Crippen LogP contribution in [0, 0.1) is 6.92 Å². The monoisotopic (exact) mass is 494 g/mol. The van der Waals surface area contributed by atoms with Crippen molar-refractivity contribution in [1.29, 1.82) is 0 Å². The van der Waals surface area contributed by atoms with Gasteiger partial charge in [-0.25, -0.2) is 9.67 Å². The Balaban J connectivity index is 1.53. The van der Waals surface area contributed by atoms with Crippen LogP contribution in [0.5, 0.6) is 0 Å². The van der Waals surface area contributed by atoms with Crippen LogP contribution in [0.2, 0.25) is 0 Å². The zero-order chi connectivity index (χ0) is 24.2. The van der Waals surface area contributed by atoms with Crippen molar-refractivity contribution in [2.45, 2.75) is 26.9 Å². The van der Waals surface area contributed by atoms with Crippen LogP contribution in [0.3, 0.4) is 0 Å². The third kappa shape index (κ3) is 5.41. The van der Waals surface area contributed by atoms with E-state index >= 15 is 0 Å². The van der Waals surface area contributed by atoms with Crippen LogP contribution in [0.4, 0.5) is 5.69 Å². The van der Waals surface area contributed by atoms with E-state index in [1.165, 1.54) is 5.56 Å². The van der Waals surface area contributed by atoms with Gasteiger partial charge in [-0.1, -0.05) is 23.8 Å². The summed E-state index contributed by atoms with van der Waals surface area (Å²) in [6.45, 7) is 10.2. The first-order valence-corrected chi connectivity index (χ1v) is 13.4. The molecule has 1 aliphatic heterocycles. The van der Waals surface area contributed by atoms with Crippen molar-refractivity contribution >= 4 is 25.2 Å². The van der Waals surface area contributed by atoms with E-state index in [1.54, 1.807) is 0 Å². The number of aryl methyl sites for hydroxylation is 1. The highest BCUT2D eigenvalue weighted by Gasteiger charge is 2.22. The van der Waals surface area contributed by atoms with Gasteiger partial charge < -0.3 is 23.1 Å². The van der Waals surface area contributed by atoms with Crippen molar-refractivity contribution < 1.29 is 18.2 Å². The lowest BCUT2D eigenvalue weighted by Gasteiger charge is -2.29. The molecule has 9 heteroatoms. The number of hydrogen-bond acceptors (Lipinski definition) is 7. The molecule has 184 valence electrons. The van der Waals surface area contributed by atoms with Crippen LogP contribution in [-0.4, -0.2) is 54.3 Å². The van der Waals surface area contributed by atoms with Crippen molar-refractivity contribution in [3.8, 4) is 17.1 Å². The second-order valence-electron chi connectivity index (χ2n) is 8.37. The summed E-state index contributed by atoms with van der Waals surface area (Å²) < 4.78 is 25.3. The molecule has 0 radical (unpaired) electrons. The van der Waals surface area contributed by atoms with Gasteiger partial charge in [0.2, 0.25) is 0 Å². The number of nitrogens with zero attached hydrogens (tertiary/aromatic N) is 4. The number of aromatic nitrogens is 3. The molecule has 0 spiro atoms. The van der Waals surface area contributed by atoms with E-state index in [9.17, 15) is 0 Å². The number of hydrogen-bond donors (Lipinski definition) is 0. The molecule has 0 atom stereocenters. The number of pyridine rings is 1. The van der Waals surface area contributed by atoms with Crippen molar-refractivity contribution in [3.05, 3.63) is 60.0 Å². The molecule has 35 heavy (non-hydrogen) atoms. The molecule has 3 aromatic heterocycles. The van der Waals surface area contributed by atoms with Crippen molar-refractivity contribution in [2.75, 3.05) is 44.4 Å². The number of benzene rings is 1. The molecule has 0 amide bonds. The minimum atomic E-state index is -1.05. The number of furan rings is 1.